The maximum atomic E-state index is 10.3. The van der Waals surface area contributed by atoms with Crippen molar-refractivity contribution in [2.24, 2.45) is 0 Å². The summed E-state index contributed by atoms with van der Waals surface area (Å²) in [5, 5.41) is 10.5. The van der Waals surface area contributed by atoms with E-state index < -0.39 is 0 Å². The monoisotopic (exact) mass is 413 g/mol. The third-order valence-electron chi connectivity index (χ3n) is 1.19. The predicted octanol–water partition coefficient (Wildman–Crippen LogP) is -0.0259. The van der Waals surface area contributed by atoms with E-state index in [4.69, 9.17) is 5.11 Å². The molecule has 1 aliphatic rings. The standard InChI is InChI=1S/C5H7NO.C3H8O.H2O.U/c1-4-2-3-5(7)6-4;1-2-3-4;;/h1-3H2,(H,6,7);4H,2-3H2,1H3;1H2;. The summed E-state index contributed by atoms with van der Waals surface area (Å²) in [4.78, 5) is 10.3. The maximum Gasteiger partial charge on any atom is 0.224 e. The van der Waals surface area contributed by atoms with Crippen LogP contribution < -0.4 is 5.32 Å². The van der Waals surface area contributed by atoms with Gasteiger partial charge in [-0.3, -0.25) is 4.79 Å². The third kappa shape index (κ3) is 12.2. The smallest absolute Gasteiger partial charge is 0.224 e. The molecule has 1 saturated heterocycles. The molecule has 0 unspecified atom stereocenters. The van der Waals surface area contributed by atoms with E-state index in [0.717, 1.165) is 18.5 Å². The van der Waals surface area contributed by atoms with Gasteiger partial charge in [0.15, 0.2) is 0 Å². The summed E-state index contributed by atoms with van der Waals surface area (Å²) in [5.41, 5.74) is 0.852. The normalized spacial score (nSPS) is 13.1. The van der Waals surface area contributed by atoms with Crippen molar-refractivity contribution in [3.8, 4) is 0 Å². The average Bonchev–Trinajstić information content (AvgIpc) is 2.35. The van der Waals surface area contributed by atoms with Crippen LogP contribution in [-0.4, -0.2) is 23.1 Å². The minimum absolute atomic E-state index is 0. The van der Waals surface area contributed by atoms with E-state index in [9.17, 15) is 4.79 Å². The van der Waals surface area contributed by atoms with Crippen LogP contribution in [0.4, 0.5) is 0 Å². The van der Waals surface area contributed by atoms with E-state index in [1.54, 1.807) is 0 Å². The number of aliphatic hydroxyl groups is 1. The third-order valence-corrected chi connectivity index (χ3v) is 1.19. The number of hydrogen-bond acceptors (Lipinski definition) is 2. The fraction of sp³-hybridized carbons (Fsp3) is 0.625. The molecule has 0 aromatic rings. The first-order valence-electron chi connectivity index (χ1n) is 3.79. The summed E-state index contributed by atoms with van der Waals surface area (Å²) < 4.78 is 0. The molecule has 1 aliphatic heterocycles. The average molecular weight is 413 g/mol. The quantitative estimate of drug-likeness (QED) is 0.634. The van der Waals surface area contributed by atoms with E-state index in [-0.39, 0.29) is 42.5 Å². The molecule has 1 amide bonds. The first kappa shape index (κ1) is 18.9. The molecule has 0 aromatic heterocycles. The molecular weight excluding hydrogens is 396 g/mol. The molecule has 0 atom stereocenters. The fourth-order valence-electron chi connectivity index (χ4n) is 0.587. The van der Waals surface area contributed by atoms with Gasteiger partial charge in [0.2, 0.25) is 5.91 Å². The van der Waals surface area contributed by atoms with Crippen LogP contribution in [0.3, 0.4) is 0 Å². The summed E-state index contributed by atoms with van der Waals surface area (Å²) in [7, 11) is 0. The second-order valence-corrected chi connectivity index (χ2v) is 2.38. The zero-order valence-electron chi connectivity index (χ0n) is 7.89. The number of carbonyl (C=O) groups is 1. The zero-order valence-corrected chi connectivity index (χ0v) is 12.1. The van der Waals surface area contributed by atoms with Crippen molar-refractivity contribution in [1.82, 2.24) is 5.32 Å². The summed E-state index contributed by atoms with van der Waals surface area (Å²) in [6, 6.07) is 0. The van der Waals surface area contributed by atoms with Crippen molar-refractivity contribution in [1.29, 1.82) is 0 Å². The van der Waals surface area contributed by atoms with Crippen molar-refractivity contribution in [2.75, 3.05) is 6.61 Å². The van der Waals surface area contributed by atoms with E-state index in [1.807, 2.05) is 6.92 Å². The topological polar surface area (TPSA) is 80.8 Å². The Hall–Kier alpha value is 0.182. The molecule has 0 aromatic carbocycles. The van der Waals surface area contributed by atoms with E-state index >= 15 is 0 Å². The van der Waals surface area contributed by atoms with Crippen LogP contribution in [0.5, 0.6) is 0 Å². The van der Waals surface area contributed by atoms with Crippen LogP contribution in [0.2, 0.25) is 0 Å². The minimum atomic E-state index is 0. The Kier molecular flexibility index (Phi) is 17.7. The van der Waals surface area contributed by atoms with E-state index in [1.165, 1.54) is 0 Å². The van der Waals surface area contributed by atoms with Crippen molar-refractivity contribution in [2.45, 2.75) is 26.2 Å². The van der Waals surface area contributed by atoms with Gasteiger partial charge < -0.3 is 15.9 Å². The Morgan fingerprint density at radius 1 is 1.54 bits per heavy atom. The van der Waals surface area contributed by atoms with E-state index in [0.29, 0.717) is 13.0 Å². The van der Waals surface area contributed by atoms with Gasteiger partial charge in [0.25, 0.3) is 0 Å². The van der Waals surface area contributed by atoms with Crippen LogP contribution >= 0.6 is 0 Å². The van der Waals surface area contributed by atoms with Gasteiger partial charge in [0.1, 0.15) is 0 Å². The number of hydrogen-bond donors (Lipinski definition) is 2. The number of aliphatic hydroxyl groups excluding tert-OH is 1. The largest absolute Gasteiger partial charge is 0.412 e. The van der Waals surface area contributed by atoms with Gasteiger partial charge in [-0.15, -0.1) is 0 Å². The summed E-state index contributed by atoms with van der Waals surface area (Å²) in [5.74, 6) is 0.102. The van der Waals surface area contributed by atoms with Gasteiger partial charge in [-0.2, -0.15) is 0 Å². The van der Waals surface area contributed by atoms with Crippen LogP contribution in [0.1, 0.15) is 26.2 Å². The zero-order chi connectivity index (χ0) is 8.69. The molecule has 0 spiro atoms. The van der Waals surface area contributed by atoms with Crippen LogP contribution in [0, 0.1) is 31.1 Å². The first-order chi connectivity index (χ1) is 5.20. The molecule has 0 aliphatic carbocycles. The molecule has 1 fully saturated rings. The molecule has 4 nitrogen and oxygen atoms in total. The molecule has 0 saturated carbocycles. The SMILES string of the molecule is C=C1CCC(=O)N1.CCCO.O.[U]. The fourth-order valence-corrected chi connectivity index (χ4v) is 0.587. The maximum absolute atomic E-state index is 10.3. The van der Waals surface area contributed by atoms with Crippen molar-refractivity contribution < 1.29 is 46.5 Å². The summed E-state index contributed by atoms with van der Waals surface area (Å²) >= 11 is 0. The molecule has 1 heterocycles. The van der Waals surface area contributed by atoms with Gasteiger partial charge >= 0.3 is 0 Å². The number of nitrogens with one attached hydrogen (secondary N) is 1. The molecule has 1 rings (SSSR count). The van der Waals surface area contributed by atoms with Crippen LogP contribution in [0.15, 0.2) is 12.3 Å². The molecule has 76 valence electrons. The minimum Gasteiger partial charge on any atom is -0.412 e. The van der Waals surface area contributed by atoms with Crippen LogP contribution in [0.25, 0.3) is 0 Å². The molecule has 0 radical (unpaired) electrons. The Bertz CT molecular complexity index is 134. The number of allylic oxidation sites excluding steroid dienone is 1. The van der Waals surface area contributed by atoms with Gasteiger partial charge in [-0.05, 0) is 12.8 Å². The second-order valence-electron chi connectivity index (χ2n) is 2.38. The Morgan fingerprint density at radius 3 is 2.08 bits per heavy atom. The van der Waals surface area contributed by atoms with Crippen molar-refractivity contribution in [3.05, 3.63) is 12.3 Å². The van der Waals surface area contributed by atoms with Gasteiger partial charge in [-0.1, -0.05) is 13.5 Å². The second kappa shape index (κ2) is 12.2. The summed E-state index contributed by atoms with van der Waals surface area (Å²) in [6.45, 7) is 5.82. The van der Waals surface area contributed by atoms with Gasteiger partial charge in [0.05, 0.1) is 0 Å². The summed E-state index contributed by atoms with van der Waals surface area (Å²) in [6.07, 6.45) is 2.32. The Balaban J connectivity index is -0.000000150. The number of amides is 1. The van der Waals surface area contributed by atoms with Crippen molar-refractivity contribution in [3.63, 3.8) is 0 Å². The van der Waals surface area contributed by atoms with E-state index in [2.05, 4.69) is 11.9 Å². The molecular formula is C8H17NO3U. The molecule has 4 N–H and O–H groups in total. The molecule has 0 bridgehead atoms. The molecule has 13 heavy (non-hydrogen) atoms. The van der Waals surface area contributed by atoms with Gasteiger partial charge in [-0.25, -0.2) is 0 Å². The Labute approximate surface area is 102 Å². The van der Waals surface area contributed by atoms with Crippen LogP contribution in [-0.2, 0) is 4.79 Å². The number of carbonyl (C=O) groups excluding carboxylic acids is 1. The molecule has 5 heteroatoms. The Morgan fingerprint density at radius 2 is 2.00 bits per heavy atom. The first-order valence-corrected chi connectivity index (χ1v) is 3.79. The number of rotatable bonds is 1. The van der Waals surface area contributed by atoms with Crippen molar-refractivity contribution >= 4 is 5.91 Å². The predicted molar refractivity (Wildman–Crippen MR) is 47.5 cm³/mol. The van der Waals surface area contributed by atoms with Gasteiger partial charge in [0, 0.05) is 49.8 Å².